The number of hydrogen-bond acceptors (Lipinski definition) is 5. The van der Waals surface area contributed by atoms with E-state index in [4.69, 9.17) is 4.74 Å². The number of carbonyl (C=O) groups excluding carboxylic acids is 1. The van der Waals surface area contributed by atoms with Crippen molar-refractivity contribution in [1.29, 1.82) is 0 Å². The first-order valence-electron chi connectivity index (χ1n) is 10.5. The number of pyridine rings is 1. The van der Waals surface area contributed by atoms with Gasteiger partial charge in [0.2, 0.25) is 0 Å². The second-order valence-corrected chi connectivity index (χ2v) is 8.38. The Kier molecular flexibility index (Phi) is 5.47. The molecule has 3 aromatic rings. The van der Waals surface area contributed by atoms with Gasteiger partial charge in [-0.3, -0.25) is 4.79 Å². The van der Waals surface area contributed by atoms with E-state index >= 15 is 0 Å². The molecule has 1 aliphatic rings. The lowest BCUT2D eigenvalue weighted by atomic mass is 10.1. The minimum Gasteiger partial charge on any atom is -0.372 e. The Morgan fingerprint density at radius 3 is 2.47 bits per heavy atom. The number of ether oxygens (including phenoxy) is 1. The van der Waals surface area contributed by atoms with Crippen molar-refractivity contribution in [3.8, 4) is 0 Å². The van der Waals surface area contributed by atoms with E-state index in [-0.39, 0.29) is 24.2 Å². The molecular weight excluding hydrogens is 378 g/mol. The third-order valence-corrected chi connectivity index (χ3v) is 5.40. The standard InChI is InChI=1S/C23H29N5O2/c1-14(2)28-22-18(11-24-28)10-21(17(5)25-22)23(29)26-19-6-8-20(9-7-19)27-12-15(3)30-16(4)13-27/h6-11,14-16H,12-13H2,1-5H3,(H,26,29). The summed E-state index contributed by atoms with van der Waals surface area (Å²) in [4.78, 5) is 19.8. The molecule has 158 valence electrons. The van der Waals surface area contributed by atoms with Gasteiger partial charge in [-0.1, -0.05) is 0 Å². The van der Waals surface area contributed by atoms with Crippen LogP contribution in [0.5, 0.6) is 0 Å². The molecule has 1 fully saturated rings. The van der Waals surface area contributed by atoms with Crippen LogP contribution in [0, 0.1) is 6.92 Å². The molecule has 1 amide bonds. The molecule has 1 N–H and O–H groups in total. The summed E-state index contributed by atoms with van der Waals surface area (Å²) >= 11 is 0. The highest BCUT2D eigenvalue weighted by molar-refractivity contribution is 6.06. The van der Waals surface area contributed by atoms with Crippen molar-refractivity contribution in [2.75, 3.05) is 23.3 Å². The molecule has 4 rings (SSSR count). The second-order valence-electron chi connectivity index (χ2n) is 8.38. The van der Waals surface area contributed by atoms with Crippen molar-refractivity contribution in [3.05, 3.63) is 47.8 Å². The fourth-order valence-corrected chi connectivity index (χ4v) is 4.02. The van der Waals surface area contributed by atoms with Gasteiger partial charge in [0.05, 0.1) is 29.7 Å². The number of carbonyl (C=O) groups is 1. The number of morpholine rings is 1. The van der Waals surface area contributed by atoms with Gasteiger partial charge < -0.3 is 15.0 Å². The number of rotatable bonds is 4. The molecule has 2 atom stereocenters. The Labute approximate surface area is 177 Å². The van der Waals surface area contributed by atoms with Gasteiger partial charge in [0, 0.05) is 35.9 Å². The number of nitrogens with zero attached hydrogens (tertiary/aromatic N) is 4. The van der Waals surface area contributed by atoms with Crippen molar-refractivity contribution >= 4 is 28.3 Å². The highest BCUT2D eigenvalue weighted by Gasteiger charge is 2.22. The van der Waals surface area contributed by atoms with Crippen molar-refractivity contribution < 1.29 is 9.53 Å². The van der Waals surface area contributed by atoms with Crippen molar-refractivity contribution in [3.63, 3.8) is 0 Å². The highest BCUT2D eigenvalue weighted by atomic mass is 16.5. The zero-order valence-electron chi connectivity index (χ0n) is 18.2. The SMILES string of the molecule is Cc1nc2c(cnn2C(C)C)cc1C(=O)Nc1ccc(N2CC(C)OC(C)C2)cc1. The number of aromatic nitrogens is 3. The number of hydrogen-bond donors (Lipinski definition) is 1. The molecule has 1 aliphatic heterocycles. The van der Waals surface area contributed by atoms with E-state index in [9.17, 15) is 4.79 Å². The summed E-state index contributed by atoms with van der Waals surface area (Å²) in [5.74, 6) is -0.166. The number of benzene rings is 1. The average Bonchev–Trinajstić information content (AvgIpc) is 3.10. The van der Waals surface area contributed by atoms with Gasteiger partial charge in [0.15, 0.2) is 5.65 Å². The van der Waals surface area contributed by atoms with Gasteiger partial charge in [0.25, 0.3) is 5.91 Å². The van der Waals surface area contributed by atoms with Crippen LogP contribution >= 0.6 is 0 Å². The molecule has 7 heteroatoms. The van der Waals surface area contributed by atoms with Crippen molar-refractivity contribution in [1.82, 2.24) is 14.8 Å². The van der Waals surface area contributed by atoms with E-state index in [0.29, 0.717) is 11.3 Å². The van der Waals surface area contributed by atoms with E-state index in [1.54, 1.807) is 6.20 Å². The van der Waals surface area contributed by atoms with Crippen LogP contribution in [0.15, 0.2) is 36.5 Å². The third kappa shape index (κ3) is 4.03. The largest absolute Gasteiger partial charge is 0.372 e. The van der Waals surface area contributed by atoms with Crippen LogP contribution in [0.1, 0.15) is 49.8 Å². The maximum atomic E-state index is 12.9. The summed E-state index contributed by atoms with van der Waals surface area (Å²) in [6.07, 6.45) is 2.18. The zero-order valence-corrected chi connectivity index (χ0v) is 18.2. The molecule has 0 bridgehead atoms. The summed E-state index contributed by atoms with van der Waals surface area (Å²) in [5.41, 5.74) is 3.95. The predicted molar refractivity (Wildman–Crippen MR) is 119 cm³/mol. The van der Waals surface area contributed by atoms with Crippen LogP contribution in [0.3, 0.4) is 0 Å². The van der Waals surface area contributed by atoms with Crippen LogP contribution in [-0.4, -0.2) is 46.0 Å². The Balaban J connectivity index is 1.50. The van der Waals surface area contributed by atoms with Crippen LogP contribution in [0.4, 0.5) is 11.4 Å². The smallest absolute Gasteiger partial charge is 0.257 e. The number of amides is 1. The molecule has 0 spiro atoms. The average molecular weight is 408 g/mol. The maximum absolute atomic E-state index is 12.9. The fraction of sp³-hybridized carbons (Fsp3) is 0.435. The lowest BCUT2D eigenvalue weighted by Crippen LogP contribution is -2.45. The molecule has 7 nitrogen and oxygen atoms in total. The van der Waals surface area contributed by atoms with E-state index in [1.807, 2.05) is 41.9 Å². The monoisotopic (exact) mass is 407 g/mol. The molecule has 1 aromatic carbocycles. The molecule has 2 unspecified atom stereocenters. The normalized spacial score (nSPS) is 19.5. The van der Waals surface area contributed by atoms with E-state index in [0.717, 1.165) is 35.5 Å². The Morgan fingerprint density at radius 2 is 1.83 bits per heavy atom. The maximum Gasteiger partial charge on any atom is 0.257 e. The molecule has 30 heavy (non-hydrogen) atoms. The topological polar surface area (TPSA) is 72.3 Å². The van der Waals surface area contributed by atoms with Gasteiger partial charge in [-0.25, -0.2) is 9.67 Å². The summed E-state index contributed by atoms with van der Waals surface area (Å²) in [6, 6.07) is 10.0. The first kappa shape index (κ1) is 20.3. The summed E-state index contributed by atoms with van der Waals surface area (Å²) < 4.78 is 7.68. The predicted octanol–water partition coefficient (Wildman–Crippen LogP) is 4.19. The molecule has 2 aromatic heterocycles. The van der Waals surface area contributed by atoms with E-state index < -0.39 is 0 Å². The molecule has 3 heterocycles. The second kappa shape index (κ2) is 8.07. The Morgan fingerprint density at radius 1 is 1.17 bits per heavy atom. The molecule has 0 saturated carbocycles. The molecule has 1 saturated heterocycles. The van der Waals surface area contributed by atoms with E-state index in [2.05, 4.69) is 48.0 Å². The molecular formula is C23H29N5O2. The van der Waals surface area contributed by atoms with Gasteiger partial charge in [-0.15, -0.1) is 0 Å². The number of anilines is 2. The minimum atomic E-state index is -0.166. The van der Waals surface area contributed by atoms with Crippen molar-refractivity contribution in [2.24, 2.45) is 0 Å². The molecule has 0 radical (unpaired) electrons. The van der Waals surface area contributed by atoms with Crippen LogP contribution in [0.25, 0.3) is 11.0 Å². The van der Waals surface area contributed by atoms with Crippen molar-refractivity contribution in [2.45, 2.75) is 52.9 Å². The first-order chi connectivity index (χ1) is 14.3. The van der Waals surface area contributed by atoms with Crippen LogP contribution in [-0.2, 0) is 4.74 Å². The number of aryl methyl sites for hydroxylation is 1. The van der Waals surface area contributed by atoms with Crippen LogP contribution < -0.4 is 10.2 Å². The number of nitrogens with one attached hydrogen (secondary N) is 1. The quantitative estimate of drug-likeness (QED) is 0.702. The summed E-state index contributed by atoms with van der Waals surface area (Å²) in [7, 11) is 0. The fourth-order valence-electron chi connectivity index (χ4n) is 4.02. The molecule has 0 aliphatic carbocycles. The zero-order chi connectivity index (χ0) is 21.4. The summed E-state index contributed by atoms with van der Waals surface area (Å²) in [6.45, 7) is 11.9. The van der Waals surface area contributed by atoms with Crippen LogP contribution in [0.2, 0.25) is 0 Å². The van der Waals surface area contributed by atoms with Gasteiger partial charge in [0.1, 0.15) is 0 Å². The van der Waals surface area contributed by atoms with Gasteiger partial charge >= 0.3 is 0 Å². The highest BCUT2D eigenvalue weighted by Crippen LogP contribution is 2.24. The lowest BCUT2D eigenvalue weighted by molar-refractivity contribution is -0.00521. The van der Waals surface area contributed by atoms with E-state index in [1.165, 1.54) is 0 Å². The lowest BCUT2D eigenvalue weighted by Gasteiger charge is -2.36. The minimum absolute atomic E-state index is 0.166. The Bertz CT molecular complexity index is 1050. The van der Waals surface area contributed by atoms with Gasteiger partial charge in [-0.05, 0) is 65.0 Å². The van der Waals surface area contributed by atoms with Gasteiger partial charge in [-0.2, -0.15) is 5.10 Å². The third-order valence-electron chi connectivity index (χ3n) is 5.40. The first-order valence-corrected chi connectivity index (χ1v) is 10.5. The summed E-state index contributed by atoms with van der Waals surface area (Å²) in [5, 5.41) is 8.25. The Hall–Kier alpha value is -2.93. The number of fused-ring (bicyclic) bond motifs is 1.